The van der Waals surface area contributed by atoms with Gasteiger partial charge in [-0.05, 0) is 11.6 Å². The maximum absolute atomic E-state index is 11.8. The molecule has 3 heterocycles. The summed E-state index contributed by atoms with van der Waals surface area (Å²) in [6.45, 7) is 3.25. The molecule has 7 atom stereocenters. The number of carbonyl (C=O) groups excluding carboxylic acids is 1. The lowest BCUT2D eigenvalue weighted by molar-refractivity contribution is -0.336. The van der Waals surface area contributed by atoms with Gasteiger partial charge in [-0.1, -0.05) is 6.08 Å². The van der Waals surface area contributed by atoms with Crippen LogP contribution in [0.15, 0.2) is 36.1 Å². The summed E-state index contributed by atoms with van der Waals surface area (Å²) < 4.78 is 21.2. The van der Waals surface area contributed by atoms with Crippen LogP contribution in [0.1, 0.15) is 0 Å². The van der Waals surface area contributed by atoms with Crippen molar-refractivity contribution in [3.8, 4) is 0 Å². The second kappa shape index (κ2) is 7.24. The maximum atomic E-state index is 11.8. The minimum Gasteiger partial charge on any atom is -0.471 e. The first kappa shape index (κ1) is 18.1. The van der Waals surface area contributed by atoms with Crippen LogP contribution in [-0.4, -0.2) is 76.6 Å². The molecule has 4 N–H and O–H groups in total. The molecule has 25 heavy (non-hydrogen) atoms. The molecule has 0 aromatic carbocycles. The molecule has 3 rings (SSSR count). The molecule has 0 radical (unpaired) electrons. The normalized spacial score (nSPS) is 41.0. The zero-order valence-corrected chi connectivity index (χ0v) is 13.2. The Morgan fingerprint density at radius 2 is 2.00 bits per heavy atom. The Labute approximate surface area is 143 Å². The van der Waals surface area contributed by atoms with Crippen molar-refractivity contribution in [2.75, 3.05) is 13.2 Å². The van der Waals surface area contributed by atoms with Crippen molar-refractivity contribution < 1.29 is 44.2 Å². The van der Waals surface area contributed by atoms with Gasteiger partial charge in [0.15, 0.2) is 6.29 Å². The molecule has 0 saturated carbocycles. The number of hydrogen-bond donors (Lipinski definition) is 4. The highest BCUT2D eigenvalue weighted by molar-refractivity contribution is 5.94. The molecule has 1 fully saturated rings. The number of carbonyl (C=O) groups is 1. The van der Waals surface area contributed by atoms with Crippen LogP contribution >= 0.6 is 0 Å². The molecule has 0 aromatic rings. The standard InChI is InChI=1S/C16H20O9/c1-2-7-8-3-4-22-14(21)9(8)6-23-15(7)25-16-13(20)12(19)11(18)10(5-17)24-16/h2-3,6-7,10-13,15-20H,1,4-5H2/t7-,10-,11+,12+,13+,15-,16+/m0/s1. The lowest BCUT2D eigenvalue weighted by Crippen LogP contribution is -2.60. The number of cyclic esters (lactones) is 1. The van der Waals surface area contributed by atoms with Crippen LogP contribution in [0.2, 0.25) is 0 Å². The number of hydrogen-bond acceptors (Lipinski definition) is 9. The van der Waals surface area contributed by atoms with Crippen molar-refractivity contribution in [1.29, 1.82) is 0 Å². The van der Waals surface area contributed by atoms with Gasteiger partial charge in [0.25, 0.3) is 0 Å². The fourth-order valence-corrected chi connectivity index (χ4v) is 2.98. The molecule has 0 bridgehead atoms. The van der Waals surface area contributed by atoms with Gasteiger partial charge >= 0.3 is 5.97 Å². The van der Waals surface area contributed by atoms with Crippen molar-refractivity contribution in [2.45, 2.75) is 37.0 Å². The monoisotopic (exact) mass is 356 g/mol. The minimum absolute atomic E-state index is 0.114. The molecule has 0 aromatic heterocycles. The van der Waals surface area contributed by atoms with Crippen LogP contribution in [0.3, 0.4) is 0 Å². The molecule has 0 spiro atoms. The van der Waals surface area contributed by atoms with Gasteiger partial charge in [0, 0.05) is 0 Å². The Morgan fingerprint density at radius 1 is 1.24 bits per heavy atom. The Kier molecular flexibility index (Phi) is 5.23. The highest BCUT2D eigenvalue weighted by atomic mass is 16.8. The van der Waals surface area contributed by atoms with Crippen molar-refractivity contribution in [2.24, 2.45) is 5.92 Å². The third kappa shape index (κ3) is 3.22. The number of rotatable bonds is 4. The topological polar surface area (TPSA) is 135 Å². The molecule has 138 valence electrons. The summed E-state index contributed by atoms with van der Waals surface area (Å²) in [5.41, 5.74) is 0.872. The van der Waals surface area contributed by atoms with Crippen LogP contribution in [0.5, 0.6) is 0 Å². The van der Waals surface area contributed by atoms with Crippen LogP contribution in [0, 0.1) is 5.92 Å². The highest BCUT2D eigenvalue weighted by Gasteiger charge is 2.46. The Hall–Kier alpha value is -1.75. The first-order chi connectivity index (χ1) is 12.0. The Bertz CT molecular complexity index is 596. The first-order valence-electron chi connectivity index (χ1n) is 7.79. The van der Waals surface area contributed by atoms with Crippen LogP contribution < -0.4 is 0 Å². The molecule has 9 heteroatoms. The third-order valence-corrected chi connectivity index (χ3v) is 4.39. The summed E-state index contributed by atoms with van der Waals surface area (Å²) >= 11 is 0. The molecule has 0 aliphatic carbocycles. The van der Waals surface area contributed by atoms with Gasteiger partial charge in [0.2, 0.25) is 6.29 Å². The zero-order valence-electron chi connectivity index (χ0n) is 13.2. The maximum Gasteiger partial charge on any atom is 0.341 e. The zero-order chi connectivity index (χ0) is 18.1. The smallest absolute Gasteiger partial charge is 0.341 e. The van der Waals surface area contributed by atoms with Gasteiger partial charge in [0.05, 0.1) is 18.1 Å². The fraction of sp³-hybridized carbons (Fsp3) is 0.562. The van der Waals surface area contributed by atoms with E-state index in [-0.39, 0.29) is 12.2 Å². The van der Waals surface area contributed by atoms with E-state index in [9.17, 15) is 25.2 Å². The summed E-state index contributed by atoms with van der Waals surface area (Å²) in [6, 6.07) is 0. The van der Waals surface area contributed by atoms with Gasteiger partial charge in [-0.15, -0.1) is 6.58 Å². The summed E-state index contributed by atoms with van der Waals surface area (Å²) in [7, 11) is 0. The number of aliphatic hydroxyl groups excluding tert-OH is 4. The summed E-state index contributed by atoms with van der Waals surface area (Å²) in [4.78, 5) is 11.8. The number of ether oxygens (including phenoxy) is 4. The van der Waals surface area contributed by atoms with Gasteiger partial charge < -0.3 is 39.4 Å². The van der Waals surface area contributed by atoms with E-state index in [1.54, 1.807) is 6.08 Å². The van der Waals surface area contributed by atoms with Crippen LogP contribution in [0.4, 0.5) is 0 Å². The Morgan fingerprint density at radius 3 is 2.68 bits per heavy atom. The van der Waals surface area contributed by atoms with E-state index in [4.69, 9.17) is 18.9 Å². The van der Waals surface area contributed by atoms with E-state index in [1.165, 1.54) is 12.3 Å². The van der Waals surface area contributed by atoms with Crippen LogP contribution in [0.25, 0.3) is 0 Å². The fourth-order valence-electron chi connectivity index (χ4n) is 2.98. The second-order valence-electron chi connectivity index (χ2n) is 5.89. The quantitative estimate of drug-likeness (QED) is 0.344. The average Bonchev–Trinajstić information content (AvgIpc) is 2.62. The molecule has 9 nitrogen and oxygen atoms in total. The SMILES string of the molecule is C=C[C@H]1C2=CCOC(=O)C2=CO[C@H]1O[C@H]1O[C@@H](CO)[C@@H](O)[C@@H](O)[C@H]1O. The Balaban J connectivity index is 1.78. The summed E-state index contributed by atoms with van der Waals surface area (Å²) in [6.07, 6.45) is -3.61. The van der Waals surface area contributed by atoms with Crippen molar-refractivity contribution >= 4 is 5.97 Å². The van der Waals surface area contributed by atoms with E-state index >= 15 is 0 Å². The van der Waals surface area contributed by atoms with Crippen molar-refractivity contribution in [3.05, 3.63) is 36.1 Å². The lowest BCUT2D eigenvalue weighted by atomic mass is 9.89. The first-order valence-corrected chi connectivity index (χ1v) is 7.79. The highest BCUT2D eigenvalue weighted by Crippen LogP contribution is 2.35. The average molecular weight is 356 g/mol. The van der Waals surface area contributed by atoms with E-state index in [0.29, 0.717) is 5.57 Å². The van der Waals surface area contributed by atoms with E-state index in [1.807, 2.05) is 0 Å². The number of fused-ring (bicyclic) bond motifs is 1. The predicted molar refractivity (Wildman–Crippen MR) is 80.5 cm³/mol. The third-order valence-electron chi connectivity index (χ3n) is 4.39. The van der Waals surface area contributed by atoms with Gasteiger partial charge in [-0.2, -0.15) is 0 Å². The summed E-state index contributed by atoms with van der Waals surface area (Å²) in [5, 5.41) is 38.9. The van der Waals surface area contributed by atoms with Gasteiger partial charge in [-0.3, -0.25) is 0 Å². The molecule has 0 unspecified atom stereocenters. The van der Waals surface area contributed by atoms with E-state index < -0.39 is 55.5 Å². The lowest BCUT2D eigenvalue weighted by Gasteiger charge is -2.42. The molecule has 0 amide bonds. The molecule has 1 saturated heterocycles. The van der Waals surface area contributed by atoms with Crippen LogP contribution in [-0.2, 0) is 23.7 Å². The molecular formula is C16H20O9. The largest absolute Gasteiger partial charge is 0.471 e. The van der Waals surface area contributed by atoms with Crippen molar-refractivity contribution in [1.82, 2.24) is 0 Å². The molecular weight excluding hydrogens is 336 g/mol. The van der Waals surface area contributed by atoms with E-state index in [2.05, 4.69) is 6.58 Å². The summed E-state index contributed by atoms with van der Waals surface area (Å²) in [5.74, 6) is -1.06. The van der Waals surface area contributed by atoms with Gasteiger partial charge in [-0.25, -0.2) is 4.79 Å². The van der Waals surface area contributed by atoms with E-state index in [0.717, 1.165) is 0 Å². The molecule has 3 aliphatic rings. The number of esters is 1. The minimum atomic E-state index is -1.56. The molecule has 3 aliphatic heterocycles. The number of aliphatic hydroxyl groups is 4. The second-order valence-corrected chi connectivity index (χ2v) is 5.89. The predicted octanol–water partition coefficient (Wildman–Crippen LogP) is -1.67. The van der Waals surface area contributed by atoms with Crippen molar-refractivity contribution in [3.63, 3.8) is 0 Å². The van der Waals surface area contributed by atoms with Gasteiger partial charge in [0.1, 0.15) is 37.3 Å².